The molecule has 2 fully saturated rings. The molecule has 0 amide bonds. The summed E-state index contributed by atoms with van der Waals surface area (Å²) in [5.74, 6) is -1.09. The Morgan fingerprint density at radius 3 is 2.64 bits per heavy atom. The van der Waals surface area contributed by atoms with Crippen LogP contribution in [0, 0.1) is 18.6 Å². The highest BCUT2D eigenvalue weighted by molar-refractivity contribution is 6.30. The van der Waals surface area contributed by atoms with Gasteiger partial charge >= 0.3 is 0 Å². The molecule has 6 rings (SSSR count). The van der Waals surface area contributed by atoms with Gasteiger partial charge in [-0.3, -0.25) is 14.0 Å². The van der Waals surface area contributed by atoms with Crippen LogP contribution < -0.4 is 10.5 Å². The molecule has 36 heavy (non-hydrogen) atoms. The summed E-state index contributed by atoms with van der Waals surface area (Å²) >= 11 is 5.97. The van der Waals surface area contributed by atoms with Crippen LogP contribution in [0.2, 0.25) is 5.02 Å². The zero-order valence-electron chi connectivity index (χ0n) is 19.9. The maximum absolute atomic E-state index is 16.2. The van der Waals surface area contributed by atoms with Gasteiger partial charge in [0, 0.05) is 43.0 Å². The molecule has 0 N–H and O–H groups in total. The van der Waals surface area contributed by atoms with E-state index in [9.17, 15) is 4.79 Å². The Morgan fingerprint density at radius 2 is 1.97 bits per heavy atom. The average molecular weight is 513 g/mol. The molecule has 1 spiro atoms. The van der Waals surface area contributed by atoms with E-state index in [-0.39, 0.29) is 39.1 Å². The van der Waals surface area contributed by atoms with Crippen LogP contribution in [-0.2, 0) is 18.8 Å². The maximum atomic E-state index is 16.2. The minimum absolute atomic E-state index is 0.0104. The summed E-state index contributed by atoms with van der Waals surface area (Å²) in [7, 11) is 3.35. The molecule has 186 valence electrons. The number of fused-ring (bicyclic) bond motifs is 1. The summed E-state index contributed by atoms with van der Waals surface area (Å²) in [6, 6.07) is 4.15. The topological polar surface area (TPSA) is 78.1 Å². The molecule has 2 aliphatic rings. The fourth-order valence-corrected chi connectivity index (χ4v) is 4.98. The largest absolute Gasteiger partial charge is 0.363 e. The molecule has 1 saturated heterocycles. The minimum Gasteiger partial charge on any atom is -0.363 e. The van der Waals surface area contributed by atoms with E-state index in [4.69, 9.17) is 16.3 Å². The molecule has 0 unspecified atom stereocenters. The van der Waals surface area contributed by atoms with Gasteiger partial charge in [0.15, 0.2) is 11.6 Å². The molecule has 1 saturated carbocycles. The van der Waals surface area contributed by atoms with E-state index in [0.29, 0.717) is 18.9 Å². The Bertz CT molecular complexity index is 1600. The van der Waals surface area contributed by atoms with Gasteiger partial charge in [-0.25, -0.2) is 18.7 Å². The van der Waals surface area contributed by atoms with E-state index in [2.05, 4.69) is 15.1 Å². The third-order valence-corrected chi connectivity index (χ3v) is 7.25. The number of ether oxygens (including phenoxy) is 1. The van der Waals surface area contributed by atoms with Crippen LogP contribution in [0.25, 0.3) is 22.2 Å². The highest BCUT2D eigenvalue weighted by atomic mass is 35.5. The molecule has 1 aliphatic carbocycles. The molecule has 0 bridgehead atoms. The lowest BCUT2D eigenvalue weighted by Crippen LogP contribution is -2.46. The normalized spacial score (nSPS) is 18.8. The molecular weight excluding hydrogens is 490 g/mol. The molecule has 11 heteroatoms. The number of pyridine rings is 1. The van der Waals surface area contributed by atoms with Crippen molar-refractivity contribution in [1.82, 2.24) is 24.3 Å². The Balaban J connectivity index is 1.57. The second kappa shape index (κ2) is 8.07. The molecule has 1 aliphatic heterocycles. The Labute approximate surface area is 210 Å². The van der Waals surface area contributed by atoms with Crippen molar-refractivity contribution < 1.29 is 13.5 Å². The Hall–Kier alpha value is -3.37. The van der Waals surface area contributed by atoms with Crippen molar-refractivity contribution in [3.8, 4) is 11.3 Å². The number of morpholine rings is 1. The number of halogens is 3. The van der Waals surface area contributed by atoms with Crippen LogP contribution in [0.1, 0.15) is 30.3 Å². The number of aryl methyl sites for hydroxylation is 2. The second-order valence-corrected chi connectivity index (χ2v) is 10.0. The van der Waals surface area contributed by atoms with E-state index in [1.807, 2.05) is 13.2 Å². The minimum atomic E-state index is -0.779. The van der Waals surface area contributed by atoms with Gasteiger partial charge in [-0.05, 0) is 38.0 Å². The Morgan fingerprint density at radius 1 is 1.19 bits per heavy atom. The van der Waals surface area contributed by atoms with Gasteiger partial charge < -0.3 is 9.64 Å². The lowest BCUT2D eigenvalue weighted by Gasteiger charge is -2.39. The maximum Gasteiger partial charge on any atom is 0.264 e. The lowest BCUT2D eigenvalue weighted by molar-refractivity contribution is -0.0457. The molecule has 4 heterocycles. The molecule has 3 aromatic heterocycles. The van der Waals surface area contributed by atoms with E-state index >= 15 is 8.78 Å². The van der Waals surface area contributed by atoms with Crippen molar-refractivity contribution in [3.05, 3.63) is 69.0 Å². The predicted octanol–water partition coefficient (Wildman–Crippen LogP) is 4.08. The van der Waals surface area contributed by atoms with Crippen LogP contribution >= 0.6 is 11.6 Å². The summed E-state index contributed by atoms with van der Waals surface area (Å²) in [4.78, 5) is 24.1. The molecule has 1 aromatic carbocycles. The zero-order valence-corrected chi connectivity index (χ0v) is 20.7. The monoisotopic (exact) mass is 512 g/mol. The highest BCUT2D eigenvalue weighted by Gasteiger charge is 2.51. The standard InChI is InChI=1S/C25H23ClF2N6O2/c1-13-30-22-19(24(35)33(13)3)20(28)23(31-21(22)16-5-4-15(26)8-17(16)27)34-11-18(14-9-29-32(2)10-14)36-25(12-34)6-7-25/h4-5,8-10,18H,6-7,11-12H2,1-3H3/t18-/m0/s1. The van der Waals surface area contributed by atoms with Crippen LogP contribution in [0.5, 0.6) is 0 Å². The van der Waals surface area contributed by atoms with Crippen LogP contribution in [0.4, 0.5) is 14.6 Å². The van der Waals surface area contributed by atoms with Gasteiger partial charge in [0.2, 0.25) is 0 Å². The number of nitrogens with zero attached hydrogens (tertiary/aromatic N) is 6. The molecule has 0 radical (unpaired) electrons. The highest BCUT2D eigenvalue weighted by Crippen LogP contribution is 2.48. The molecule has 8 nitrogen and oxygen atoms in total. The summed E-state index contributed by atoms with van der Waals surface area (Å²) in [6.45, 7) is 2.33. The predicted molar refractivity (Wildman–Crippen MR) is 131 cm³/mol. The summed E-state index contributed by atoms with van der Waals surface area (Å²) in [5, 5.41) is 4.22. The van der Waals surface area contributed by atoms with Crippen LogP contribution in [0.3, 0.4) is 0 Å². The summed E-state index contributed by atoms with van der Waals surface area (Å²) in [5.41, 5.74) is 0.0644. The Kier molecular flexibility index (Phi) is 5.17. The fourth-order valence-electron chi connectivity index (χ4n) is 4.82. The number of hydrogen-bond donors (Lipinski definition) is 0. The van der Waals surface area contributed by atoms with E-state index < -0.39 is 22.8 Å². The van der Waals surface area contributed by atoms with Gasteiger partial charge in [-0.1, -0.05) is 11.6 Å². The number of anilines is 1. The number of hydrogen-bond acceptors (Lipinski definition) is 6. The van der Waals surface area contributed by atoms with Crippen molar-refractivity contribution in [2.24, 2.45) is 14.1 Å². The average Bonchev–Trinajstić information content (AvgIpc) is 3.41. The van der Waals surface area contributed by atoms with E-state index in [0.717, 1.165) is 24.5 Å². The zero-order chi connectivity index (χ0) is 25.4. The molecular formula is C25H23ClF2N6O2. The fraction of sp³-hybridized carbons (Fsp3) is 0.360. The number of aromatic nitrogens is 5. The summed E-state index contributed by atoms with van der Waals surface area (Å²) < 4.78 is 40.6. The second-order valence-electron chi connectivity index (χ2n) is 9.59. The third kappa shape index (κ3) is 3.67. The molecule has 4 aromatic rings. The SMILES string of the molecule is Cc1nc2c(-c3ccc(Cl)cc3F)nc(N3C[C@@H](c4cnn(C)c4)OC4(CC4)C3)c(F)c2c(=O)n1C. The van der Waals surface area contributed by atoms with Gasteiger partial charge in [0.25, 0.3) is 5.56 Å². The number of benzene rings is 1. The third-order valence-electron chi connectivity index (χ3n) is 7.02. The summed E-state index contributed by atoms with van der Waals surface area (Å²) in [6.07, 6.45) is 4.89. The van der Waals surface area contributed by atoms with E-state index in [1.54, 1.807) is 22.7 Å². The van der Waals surface area contributed by atoms with Crippen molar-refractivity contribution in [2.45, 2.75) is 31.5 Å². The van der Waals surface area contributed by atoms with Gasteiger partial charge in [0.1, 0.15) is 34.3 Å². The van der Waals surface area contributed by atoms with Crippen molar-refractivity contribution in [1.29, 1.82) is 0 Å². The van der Waals surface area contributed by atoms with Crippen molar-refractivity contribution in [2.75, 3.05) is 18.0 Å². The van der Waals surface area contributed by atoms with Crippen LogP contribution in [0.15, 0.2) is 35.4 Å². The quantitative estimate of drug-likeness (QED) is 0.411. The first kappa shape index (κ1) is 23.1. The first-order valence-electron chi connectivity index (χ1n) is 11.6. The van der Waals surface area contributed by atoms with Crippen LogP contribution in [-0.4, -0.2) is 43.0 Å². The molecule has 1 atom stereocenters. The smallest absolute Gasteiger partial charge is 0.264 e. The lowest BCUT2D eigenvalue weighted by atomic mass is 10.1. The van der Waals surface area contributed by atoms with Crippen molar-refractivity contribution >= 4 is 28.3 Å². The van der Waals surface area contributed by atoms with Gasteiger partial charge in [-0.2, -0.15) is 5.10 Å². The first-order chi connectivity index (χ1) is 17.2. The van der Waals surface area contributed by atoms with Gasteiger partial charge in [-0.15, -0.1) is 0 Å². The van der Waals surface area contributed by atoms with Crippen molar-refractivity contribution in [3.63, 3.8) is 0 Å². The van der Waals surface area contributed by atoms with E-state index in [1.165, 1.54) is 23.7 Å². The van der Waals surface area contributed by atoms with Gasteiger partial charge in [0.05, 0.1) is 18.3 Å². The first-order valence-corrected chi connectivity index (χ1v) is 12.0. The number of rotatable bonds is 3.